The summed E-state index contributed by atoms with van der Waals surface area (Å²) in [6, 6.07) is 6.17. The molecule has 9 heteroatoms. The maximum atomic E-state index is 11.4. The highest BCUT2D eigenvalue weighted by Gasteiger charge is 2.26. The first-order chi connectivity index (χ1) is 17.9. The van der Waals surface area contributed by atoms with Crippen LogP contribution in [0.25, 0.3) is 33.4 Å². The van der Waals surface area contributed by atoms with Crippen molar-refractivity contribution in [2.75, 3.05) is 50.8 Å². The summed E-state index contributed by atoms with van der Waals surface area (Å²) in [6.45, 7) is 11.5. The predicted molar refractivity (Wildman–Crippen MR) is 145 cm³/mol. The van der Waals surface area contributed by atoms with Crippen LogP contribution in [0.2, 0.25) is 0 Å². The first-order valence-electron chi connectivity index (χ1n) is 13.0. The third-order valence-electron chi connectivity index (χ3n) is 7.38. The molecule has 192 valence electrons. The molecule has 0 atom stereocenters. The van der Waals surface area contributed by atoms with Gasteiger partial charge in [-0.1, -0.05) is 32.1 Å². The number of hydrogen-bond donors (Lipinski definition) is 1. The second-order valence-corrected chi connectivity index (χ2v) is 10.7. The van der Waals surface area contributed by atoms with E-state index < -0.39 is 0 Å². The second kappa shape index (κ2) is 9.39. The number of aromatic nitrogens is 5. The summed E-state index contributed by atoms with van der Waals surface area (Å²) >= 11 is 0. The molecule has 0 spiro atoms. The van der Waals surface area contributed by atoms with E-state index in [2.05, 4.69) is 49.7 Å². The highest BCUT2D eigenvalue weighted by Crippen LogP contribution is 2.34. The Kier molecular flexibility index (Phi) is 6.04. The van der Waals surface area contributed by atoms with Gasteiger partial charge in [-0.3, -0.25) is 14.4 Å². The topological polar surface area (TPSA) is 91.7 Å². The number of aryl methyl sites for hydroxylation is 1. The smallest absolute Gasteiger partial charge is 0.181 e. The van der Waals surface area contributed by atoms with Gasteiger partial charge in [0, 0.05) is 55.3 Å². The number of aldehydes is 1. The van der Waals surface area contributed by atoms with E-state index in [9.17, 15) is 4.79 Å². The summed E-state index contributed by atoms with van der Waals surface area (Å²) in [5.74, 6) is 0.890. The number of carbonyl (C=O) groups excluding carboxylic acids is 1. The zero-order chi connectivity index (χ0) is 25.6. The summed E-state index contributed by atoms with van der Waals surface area (Å²) in [4.78, 5) is 26.3. The lowest BCUT2D eigenvalue weighted by molar-refractivity contribution is -0.115. The van der Waals surface area contributed by atoms with Gasteiger partial charge in [-0.15, -0.1) is 0 Å². The van der Waals surface area contributed by atoms with Crippen molar-refractivity contribution in [1.82, 2.24) is 29.5 Å². The van der Waals surface area contributed by atoms with Crippen molar-refractivity contribution >= 4 is 34.2 Å². The molecule has 0 radical (unpaired) electrons. The zero-order valence-electron chi connectivity index (χ0n) is 21.7. The number of aromatic amines is 1. The number of anilines is 1. The zero-order valence-corrected chi connectivity index (χ0v) is 21.7. The Morgan fingerprint density at radius 2 is 2.00 bits per heavy atom. The highest BCUT2D eigenvalue weighted by molar-refractivity contribution is 5.93. The third-order valence-corrected chi connectivity index (χ3v) is 7.38. The molecule has 9 nitrogen and oxygen atoms in total. The van der Waals surface area contributed by atoms with Gasteiger partial charge in [0.1, 0.15) is 6.29 Å². The van der Waals surface area contributed by atoms with Crippen molar-refractivity contribution in [2.24, 2.45) is 5.41 Å². The number of morpholine rings is 1. The molecule has 37 heavy (non-hydrogen) atoms. The van der Waals surface area contributed by atoms with Crippen LogP contribution in [0.4, 0.5) is 5.82 Å². The van der Waals surface area contributed by atoms with Crippen LogP contribution in [0.1, 0.15) is 31.7 Å². The largest absolute Gasteiger partial charge is 0.378 e. The Morgan fingerprint density at radius 1 is 1.16 bits per heavy atom. The fourth-order valence-electron chi connectivity index (χ4n) is 5.52. The Hall–Kier alpha value is -3.56. The van der Waals surface area contributed by atoms with E-state index in [-0.39, 0.29) is 5.41 Å². The molecule has 0 aliphatic carbocycles. The molecular weight excluding hydrogens is 466 g/mol. The number of hydrogen-bond acceptors (Lipinski definition) is 7. The number of carbonyl (C=O) groups is 1. The molecule has 0 unspecified atom stereocenters. The Labute approximate surface area is 216 Å². The van der Waals surface area contributed by atoms with E-state index in [1.807, 2.05) is 32.2 Å². The standard InChI is InChI=1S/C28H33N7O2/c1-19-25(20-7-9-33(10-8-20)17-28(2,3)18-36)35-16-24(21-5-4-6-23-22(21)15-29-32-23)31-26(27(35)30-19)34-11-13-37-14-12-34/h4-7,15-16,18H,8-14,17H2,1-3H3,(H,29,32). The van der Waals surface area contributed by atoms with Gasteiger partial charge < -0.3 is 14.4 Å². The normalized spacial score (nSPS) is 17.5. The minimum absolute atomic E-state index is 0.341. The molecule has 1 N–H and O–H groups in total. The first kappa shape index (κ1) is 23.8. The first-order valence-corrected chi connectivity index (χ1v) is 13.0. The van der Waals surface area contributed by atoms with E-state index in [1.54, 1.807) is 0 Å². The molecule has 0 amide bonds. The van der Waals surface area contributed by atoms with E-state index in [1.165, 1.54) is 5.57 Å². The van der Waals surface area contributed by atoms with Crippen LogP contribution in [-0.2, 0) is 9.53 Å². The average molecular weight is 500 g/mol. The maximum Gasteiger partial charge on any atom is 0.181 e. The summed E-state index contributed by atoms with van der Waals surface area (Å²) in [6.07, 6.45) is 8.25. The third kappa shape index (κ3) is 4.42. The van der Waals surface area contributed by atoms with Crippen LogP contribution in [0.5, 0.6) is 0 Å². The summed E-state index contributed by atoms with van der Waals surface area (Å²) in [5, 5.41) is 8.39. The van der Waals surface area contributed by atoms with Crippen molar-refractivity contribution in [3.63, 3.8) is 0 Å². The van der Waals surface area contributed by atoms with Crippen molar-refractivity contribution < 1.29 is 9.53 Å². The van der Waals surface area contributed by atoms with Gasteiger partial charge in [0.15, 0.2) is 11.5 Å². The Bertz CT molecular complexity index is 1490. The molecule has 5 heterocycles. The van der Waals surface area contributed by atoms with E-state index in [0.29, 0.717) is 13.2 Å². The number of fused-ring (bicyclic) bond motifs is 2. The van der Waals surface area contributed by atoms with Gasteiger partial charge >= 0.3 is 0 Å². The number of nitrogens with zero attached hydrogens (tertiary/aromatic N) is 6. The quantitative estimate of drug-likeness (QED) is 0.404. The van der Waals surface area contributed by atoms with Gasteiger partial charge in [-0.2, -0.15) is 5.10 Å². The monoisotopic (exact) mass is 499 g/mol. The number of imidazole rings is 1. The van der Waals surface area contributed by atoms with Gasteiger partial charge in [-0.05, 0) is 25.0 Å². The molecule has 0 saturated carbocycles. The van der Waals surface area contributed by atoms with Crippen molar-refractivity contribution in [2.45, 2.75) is 27.2 Å². The van der Waals surface area contributed by atoms with Crippen molar-refractivity contribution in [3.8, 4) is 11.3 Å². The summed E-state index contributed by atoms with van der Waals surface area (Å²) < 4.78 is 7.86. The van der Waals surface area contributed by atoms with Crippen LogP contribution in [-0.4, -0.2) is 81.7 Å². The van der Waals surface area contributed by atoms with Crippen molar-refractivity contribution in [1.29, 1.82) is 0 Å². The van der Waals surface area contributed by atoms with Crippen molar-refractivity contribution in [3.05, 3.63) is 48.1 Å². The molecule has 1 aromatic carbocycles. The lowest BCUT2D eigenvalue weighted by Gasteiger charge is -2.31. The van der Waals surface area contributed by atoms with E-state index >= 15 is 0 Å². The fraction of sp³-hybridized carbons (Fsp3) is 0.429. The lowest BCUT2D eigenvalue weighted by Crippen LogP contribution is -2.38. The van der Waals surface area contributed by atoms with Crippen LogP contribution in [0.15, 0.2) is 36.7 Å². The number of H-pyrrole nitrogens is 1. The molecular formula is C28H33N7O2. The molecule has 1 fully saturated rings. The van der Waals surface area contributed by atoms with Crippen LogP contribution < -0.4 is 4.90 Å². The van der Waals surface area contributed by atoms with E-state index in [4.69, 9.17) is 14.7 Å². The number of rotatable bonds is 6. The van der Waals surface area contributed by atoms with Crippen LogP contribution in [0, 0.1) is 12.3 Å². The SMILES string of the molecule is Cc1nc2c(N3CCOCC3)nc(-c3cccc4[nH]ncc34)cn2c1C1=CCN(CC(C)(C)C=O)CC1. The molecule has 4 aromatic rings. The molecule has 3 aromatic heterocycles. The summed E-state index contributed by atoms with van der Waals surface area (Å²) in [5.41, 5.74) is 6.89. The molecule has 6 rings (SSSR count). The van der Waals surface area contributed by atoms with E-state index in [0.717, 1.165) is 90.4 Å². The van der Waals surface area contributed by atoms with Crippen LogP contribution >= 0.6 is 0 Å². The Morgan fingerprint density at radius 3 is 2.76 bits per heavy atom. The van der Waals surface area contributed by atoms with Gasteiger partial charge in [0.25, 0.3) is 0 Å². The molecule has 2 aliphatic heterocycles. The average Bonchev–Trinajstić information content (AvgIpc) is 3.53. The lowest BCUT2D eigenvalue weighted by atomic mass is 9.93. The minimum Gasteiger partial charge on any atom is -0.378 e. The summed E-state index contributed by atoms with van der Waals surface area (Å²) in [7, 11) is 0. The number of nitrogens with one attached hydrogen (secondary N) is 1. The Balaban J connectivity index is 1.47. The molecule has 2 aliphatic rings. The minimum atomic E-state index is -0.341. The van der Waals surface area contributed by atoms with Gasteiger partial charge in [0.2, 0.25) is 0 Å². The second-order valence-electron chi connectivity index (χ2n) is 10.7. The molecule has 0 bridgehead atoms. The molecule has 1 saturated heterocycles. The van der Waals surface area contributed by atoms with Gasteiger partial charge in [0.05, 0.1) is 42.0 Å². The maximum absolute atomic E-state index is 11.4. The highest BCUT2D eigenvalue weighted by atomic mass is 16.5. The number of benzene rings is 1. The fourth-order valence-corrected chi connectivity index (χ4v) is 5.52. The predicted octanol–water partition coefficient (Wildman–Crippen LogP) is 3.73. The van der Waals surface area contributed by atoms with Gasteiger partial charge in [-0.25, -0.2) is 9.97 Å². The number of ether oxygens (including phenoxy) is 1. The van der Waals surface area contributed by atoms with Crippen LogP contribution in [0.3, 0.4) is 0 Å².